The van der Waals surface area contributed by atoms with Crippen molar-refractivity contribution < 1.29 is 14.6 Å². The molecular formula is C32H37N7O3. The third kappa shape index (κ3) is 5.62. The fourth-order valence-electron chi connectivity index (χ4n) is 6.56. The summed E-state index contributed by atoms with van der Waals surface area (Å²) in [4.78, 5) is 30.9. The van der Waals surface area contributed by atoms with Gasteiger partial charge in [-0.3, -0.25) is 9.69 Å². The molecule has 10 heteroatoms. The number of anilines is 1. The number of carbonyl (C=O) groups is 1. The Labute approximate surface area is 246 Å². The fraction of sp³-hybridized carbons (Fsp3) is 0.438. The topological polar surface area (TPSA) is 109 Å². The third-order valence-corrected chi connectivity index (χ3v) is 8.77. The number of aromatic nitrogens is 2. The van der Waals surface area contributed by atoms with Gasteiger partial charge in [0, 0.05) is 50.9 Å². The van der Waals surface area contributed by atoms with E-state index in [4.69, 9.17) is 14.7 Å². The van der Waals surface area contributed by atoms with Crippen molar-refractivity contribution in [1.29, 1.82) is 5.26 Å². The van der Waals surface area contributed by atoms with Gasteiger partial charge in [-0.2, -0.15) is 15.2 Å². The maximum Gasteiger partial charge on any atom is 0.318 e. The van der Waals surface area contributed by atoms with Crippen LogP contribution >= 0.6 is 0 Å². The summed E-state index contributed by atoms with van der Waals surface area (Å²) in [6.07, 6.45) is 3.80. The molecule has 2 atom stereocenters. The molecule has 0 saturated carbocycles. The van der Waals surface area contributed by atoms with Gasteiger partial charge in [-0.15, -0.1) is 0 Å². The summed E-state index contributed by atoms with van der Waals surface area (Å²) in [6, 6.07) is 14.4. The van der Waals surface area contributed by atoms with Crippen molar-refractivity contribution in [1.82, 2.24) is 24.7 Å². The summed E-state index contributed by atoms with van der Waals surface area (Å²) in [7, 11) is 2.12. The van der Waals surface area contributed by atoms with Crippen molar-refractivity contribution in [2.75, 3.05) is 44.7 Å². The fourth-order valence-corrected chi connectivity index (χ4v) is 6.56. The second-order valence-corrected chi connectivity index (χ2v) is 11.5. The number of likely N-dealkylation sites (N-methyl/N-ethyl adjacent to an activating group) is 1. The first-order valence-corrected chi connectivity index (χ1v) is 14.6. The average molecular weight is 568 g/mol. The van der Waals surface area contributed by atoms with E-state index in [9.17, 15) is 15.2 Å². The van der Waals surface area contributed by atoms with Gasteiger partial charge < -0.3 is 24.5 Å². The van der Waals surface area contributed by atoms with Crippen molar-refractivity contribution in [2.45, 2.75) is 51.0 Å². The van der Waals surface area contributed by atoms with Crippen LogP contribution in [0.4, 0.5) is 5.82 Å². The van der Waals surface area contributed by atoms with E-state index in [-0.39, 0.29) is 24.1 Å². The lowest BCUT2D eigenvalue weighted by Gasteiger charge is -2.41. The highest BCUT2D eigenvalue weighted by Gasteiger charge is 2.34. The summed E-state index contributed by atoms with van der Waals surface area (Å²) >= 11 is 0. The first-order valence-electron chi connectivity index (χ1n) is 14.6. The molecular weight excluding hydrogens is 530 g/mol. The molecule has 1 amide bonds. The maximum absolute atomic E-state index is 12.5. The predicted molar refractivity (Wildman–Crippen MR) is 160 cm³/mol. The molecule has 1 N–H and O–H groups in total. The van der Waals surface area contributed by atoms with Crippen molar-refractivity contribution in [3.8, 4) is 17.8 Å². The van der Waals surface area contributed by atoms with Crippen molar-refractivity contribution >= 4 is 22.5 Å². The Balaban J connectivity index is 1.29. The van der Waals surface area contributed by atoms with Crippen LogP contribution in [0.15, 0.2) is 49.1 Å². The monoisotopic (exact) mass is 567 g/mol. The van der Waals surface area contributed by atoms with Gasteiger partial charge in [-0.05, 0) is 61.0 Å². The minimum absolute atomic E-state index is 0.156. The molecule has 3 aliphatic heterocycles. The minimum atomic E-state index is -0.257. The molecule has 42 heavy (non-hydrogen) atoms. The molecule has 0 bridgehead atoms. The van der Waals surface area contributed by atoms with E-state index in [0.29, 0.717) is 57.9 Å². The van der Waals surface area contributed by atoms with E-state index < -0.39 is 0 Å². The van der Waals surface area contributed by atoms with E-state index in [1.54, 1.807) is 11.0 Å². The van der Waals surface area contributed by atoms with Crippen LogP contribution in [0.25, 0.3) is 10.8 Å². The lowest BCUT2D eigenvalue weighted by Crippen LogP contribution is -2.55. The van der Waals surface area contributed by atoms with E-state index in [2.05, 4.69) is 40.5 Å². The number of rotatable bonds is 8. The molecule has 3 aliphatic rings. The first kappa shape index (κ1) is 27.9. The largest absolute Gasteiger partial charge is 0.508 e. The molecule has 2 saturated heterocycles. The smallest absolute Gasteiger partial charge is 0.318 e. The molecule has 0 aliphatic carbocycles. The second kappa shape index (κ2) is 12.0. The zero-order chi connectivity index (χ0) is 29.2. The van der Waals surface area contributed by atoms with Crippen molar-refractivity contribution in [2.24, 2.45) is 0 Å². The Morgan fingerprint density at radius 3 is 2.83 bits per heavy atom. The number of amides is 1. The lowest BCUT2D eigenvalue weighted by molar-refractivity contribution is -0.128. The van der Waals surface area contributed by atoms with Crippen LogP contribution in [0, 0.1) is 11.3 Å². The van der Waals surface area contributed by atoms with Crippen molar-refractivity contribution in [3.63, 3.8) is 0 Å². The Morgan fingerprint density at radius 1 is 1.19 bits per heavy atom. The molecule has 2 aromatic carbocycles. The van der Waals surface area contributed by atoms with Crippen LogP contribution in [-0.2, 0) is 24.4 Å². The van der Waals surface area contributed by atoms with E-state index in [1.165, 1.54) is 6.08 Å². The second-order valence-electron chi connectivity index (χ2n) is 11.5. The number of fused-ring (bicyclic) bond motifs is 2. The number of likely N-dealkylation sites (tertiary alicyclic amines) is 1. The number of nitriles is 1. The number of aromatic hydroxyl groups is 1. The number of phenolic OH excluding ortho intramolecular Hbond substituents is 1. The normalized spacial score (nSPS) is 21.0. The molecule has 0 radical (unpaired) electrons. The van der Waals surface area contributed by atoms with Gasteiger partial charge in [0.05, 0.1) is 24.2 Å². The minimum Gasteiger partial charge on any atom is -0.508 e. The zero-order valence-corrected chi connectivity index (χ0v) is 24.1. The molecule has 6 rings (SSSR count). The van der Waals surface area contributed by atoms with Crippen LogP contribution in [0.1, 0.15) is 36.1 Å². The number of nitrogens with zero attached hydrogens (tertiary/aromatic N) is 7. The van der Waals surface area contributed by atoms with Gasteiger partial charge in [-0.25, -0.2) is 0 Å². The number of ether oxygens (including phenoxy) is 1. The van der Waals surface area contributed by atoms with Crippen LogP contribution in [0.5, 0.6) is 11.8 Å². The Bertz CT molecular complexity index is 1540. The SMILES string of the molecule is C=CC(=O)N1CCN(c2nc(OC[C@@H]3CCCN3C)nc3c2CN(Cc2cc(O)cc4ccccc24)C3)C[C@@H]1CC#N. The molecule has 2 fully saturated rings. The number of piperazine rings is 1. The summed E-state index contributed by atoms with van der Waals surface area (Å²) in [5.41, 5.74) is 3.03. The summed E-state index contributed by atoms with van der Waals surface area (Å²) in [5.74, 6) is 0.910. The predicted octanol–water partition coefficient (Wildman–Crippen LogP) is 3.44. The number of benzene rings is 2. The van der Waals surface area contributed by atoms with E-state index in [0.717, 1.165) is 52.8 Å². The molecule has 3 aromatic rings. The summed E-state index contributed by atoms with van der Waals surface area (Å²) < 4.78 is 6.22. The highest BCUT2D eigenvalue weighted by atomic mass is 16.5. The van der Waals surface area contributed by atoms with Crippen LogP contribution in [-0.4, -0.2) is 87.6 Å². The standard InChI is InChI=1S/C32H37N7O3/c1-3-30(41)39-14-13-38(18-24(39)10-11-33)31-28-19-37(17-23-16-26(40)15-22-7-4-5-9-27(22)23)20-29(28)34-32(35-31)42-21-25-8-6-12-36(25)2/h3-5,7,9,15-16,24-25,40H,1,6,8,10,12-14,17-21H2,2H3/t24-,25-/m0/s1. The maximum atomic E-state index is 12.5. The number of carbonyl (C=O) groups excluding carboxylic acids is 1. The van der Waals surface area contributed by atoms with Crippen LogP contribution in [0.2, 0.25) is 0 Å². The highest BCUT2D eigenvalue weighted by molar-refractivity contribution is 5.88. The zero-order valence-electron chi connectivity index (χ0n) is 24.1. The quantitative estimate of drug-likeness (QED) is 0.410. The van der Waals surface area contributed by atoms with E-state index in [1.807, 2.05) is 24.3 Å². The molecule has 4 heterocycles. The van der Waals surface area contributed by atoms with Gasteiger partial charge in [0.2, 0.25) is 5.91 Å². The van der Waals surface area contributed by atoms with Crippen LogP contribution < -0.4 is 9.64 Å². The van der Waals surface area contributed by atoms with Crippen molar-refractivity contribution in [3.05, 3.63) is 65.9 Å². The number of hydrogen-bond donors (Lipinski definition) is 1. The highest BCUT2D eigenvalue weighted by Crippen LogP contribution is 2.35. The molecule has 1 aromatic heterocycles. The van der Waals surface area contributed by atoms with E-state index >= 15 is 0 Å². The Hall–Kier alpha value is -4.20. The number of hydrogen-bond acceptors (Lipinski definition) is 9. The Kier molecular flexibility index (Phi) is 7.96. The van der Waals surface area contributed by atoms with Gasteiger partial charge in [0.1, 0.15) is 18.2 Å². The van der Waals surface area contributed by atoms with Gasteiger partial charge in [-0.1, -0.05) is 30.8 Å². The van der Waals surface area contributed by atoms with Crippen LogP contribution in [0.3, 0.4) is 0 Å². The summed E-state index contributed by atoms with van der Waals surface area (Å²) in [6.45, 7) is 8.74. The molecule has 0 spiro atoms. The van der Waals surface area contributed by atoms with Gasteiger partial charge in [0.15, 0.2) is 0 Å². The molecule has 218 valence electrons. The third-order valence-electron chi connectivity index (χ3n) is 8.77. The molecule has 10 nitrogen and oxygen atoms in total. The molecule has 0 unspecified atom stereocenters. The van der Waals surface area contributed by atoms with Gasteiger partial charge in [0.25, 0.3) is 0 Å². The lowest BCUT2D eigenvalue weighted by atomic mass is 10.0. The Morgan fingerprint density at radius 2 is 2.05 bits per heavy atom. The van der Waals surface area contributed by atoms with Gasteiger partial charge >= 0.3 is 6.01 Å². The average Bonchev–Trinajstić information content (AvgIpc) is 3.60. The number of phenols is 1. The first-order chi connectivity index (χ1) is 20.4. The summed E-state index contributed by atoms with van der Waals surface area (Å²) in [5, 5.41) is 22.0.